The topological polar surface area (TPSA) is 115 Å². The van der Waals surface area contributed by atoms with Crippen molar-refractivity contribution in [2.45, 2.75) is 0 Å². The lowest BCUT2D eigenvalue weighted by atomic mass is 10.4. The molecule has 0 bridgehead atoms. The van der Waals surface area contributed by atoms with Crippen LogP contribution in [0.4, 0.5) is 0 Å². The van der Waals surface area contributed by atoms with E-state index in [0.717, 1.165) is 0 Å². The van der Waals surface area contributed by atoms with E-state index in [9.17, 15) is 9.59 Å². The number of aliphatic hydroxyl groups is 2. The smallest absolute Gasteiger partial charge is 0.370 e. The van der Waals surface area contributed by atoms with E-state index in [4.69, 9.17) is 20.4 Å². The minimum absolute atomic E-state index is 0.561. The summed E-state index contributed by atoms with van der Waals surface area (Å²) in [5.74, 6) is -5.32. The molecule has 0 radical (unpaired) electrons. The minimum atomic E-state index is -1.61. The van der Waals surface area contributed by atoms with Crippen LogP contribution in [0.25, 0.3) is 0 Å². The first-order chi connectivity index (χ1) is 5.45. The second-order valence-corrected chi connectivity index (χ2v) is 1.71. The van der Waals surface area contributed by atoms with E-state index < -0.39 is 23.5 Å². The molecule has 0 spiro atoms. The summed E-state index contributed by atoms with van der Waals surface area (Å²) in [5, 5.41) is 33.1. The highest BCUT2D eigenvalue weighted by Crippen LogP contribution is 1.93. The lowest BCUT2D eigenvalue weighted by Gasteiger charge is -1.89. The number of aliphatic hydroxyl groups excluding tert-OH is 2. The van der Waals surface area contributed by atoms with Crippen LogP contribution >= 0.6 is 0 Å². The first-order valence-electron chi connectivity index (χ1n) is 2.71. The van der Waals surface area contributed by atoms with Crippen molar-refractivity contribution in [1.29, 1.82) is 0 Å². The zero-order chi connectivity index (χ0) is 9.72. The van der Waals surface area contributed by atoms with E-state index in [2.05, 4.69) is 0 Å². The van der Waals surface area contributed by atoms with E-state index in [1.165, 1.54) is 0 Å². The van der Waals surface area contributed by atoms with Gasteiger partial charge < -0.3 is 20.4 Å². The summed E-state index contributed by atoms with van der Waals surface area (Å²) in [4.78, 5) is 19.8. The highest BCUT2D eigenvalue weighted by atomic mass is 16.4. The van der Waals surface area contributed by atoms with Gasteiger partial charge in [0.15, 0.2) is 0 Å². The summed E-state index contributed by atoms with van der Waals surface area (Å²) < 4.78 is 0. The highest BCUT2D eigenvalue weighted by molar-refractivity contribution is 5.86. The number of carboxylic acid groups (broad SMARTS) is 2. The van der Waals surface area contributed by atoms with Crippen molar-refractivity contribution in [2.24, 2.45) is 0 Å². The van der Waals surface area contributed by atoms with Crippen molar-refractivity contribution < 1.29 is 30.0 Å². The van der Waals surface area contributed by atoms with E-state index in [1.807, 2.05) is 0 Å². The number of hydrogen-bond acceptors (Lipinski definition) is 4. The van der Waals surface area contributed by atoms with Crippen molar-refractivity contribution in [3.05, 3.63) is 23.7 Å². The molecule has 0 amide bonds. The van der Waals surface area contributed by atoms with Crippen molar-refractivity contribution >= 4 is 11.9 Å². The van der Waals surface area contributed by atoms with Crippen molar-refractivity contribution in [3.8, 4) is 0 Å². The number of aliphatic carboxylic acids is 2. The number of rotatable bonds is 3. The van der Waals surface area contributed by atoms with Gasteiger partial charge in [0, 0.05) is 0 Å². The fourth-order valence-electron chi connectivity index (χ4n) is 0.300. The van der Waals surface area contributed by atoms with Crippen LogP contribution in [-0.2, 0) is 9.59 Å². The fourth-order valence-corrected chi connectivity index (χ4v) is 0.300. The molecule has 0 aromatic carbocycles. The maximum Gasteiger partial charge on any atom is 0.370 e. The Bertz CT molecular complexity index is 233. The monoisotopic (exact) mass is 174 g/mol. The van der Waals surface area contributed by atoms with Gasteiger partial charge in [-0.3, -0.25) is 0 Å². The van der Waals surface area contributed by atoms with E-state index >= 15 is 0 Å². The molecule has 0 fully saturated rings. The van der Waals surface area contributed by atoms with Gasteiger partial charge >= 0.3 is 11.9 Å². The first-order valence-corrected chi connectivity index (χ1v) is 2.71. The highest BCUT2D eigenvalue weighted by Gasteiger charge is 2.04. The van der Waals surface area contributed by atoms with E-state index in [-0.39, 0.29) is 0 Å². The summed E-state index contributed by atoms with van der Waals surface area (Å²) >= 11 is 0. The Morgan fingerprint density at radius 3 is 1.17 bits per heavy atom. The summed E-state index contributed by atoms with van der Waals surface area (Å²) in [5.41, 5.74) is 0. The van der Waals surface area contributed by atoms with Gasteiger partial charge in [0.25, 0.3) is 0 Å². The summed E-state index contributed by atoms with van der Waals surface area (Å²) in [7, 11) is 0. The lowest BCUT2D eigenvalue weighted by Crippen LogP contribution is -2.00. The summed E-state index contributed by atoms with van der Waals surface area (Å²) in [6, 6.07) is 0. The second-order valence-electron chi connectivity index (χ2n) is 1.71. The van der Waals surface area contributed by atoms with Crippen LogP contribution in [-0.4, -0.2) is 32.4 Å². The molecule has 66 valence electrons. The minimum Gasteiger partial charge on any atom is -0.502 e. The van der Waals surface area contributed by atoms with Gasteiger partial charge in [-0.2, -0.15) is 0 Å². The van der Waals surface area contributed by atoms with Crippen LogP contribution in [0.2, 0.25) is 0 Å². The number of allylic oxidation sites excluding steroid dienone is 2. The molecule has 0 aromatic rings. The zero-order valence-corrected chi connectivity index (χ0v) is 5.76. The predicted octanol–water partition coefficient (Wildman–Crippen LogP) is 0.0394. The molecule has 0 aliphatic rings. The van der Waals surface area contributed by atoms with Crippen molar-refractivity contribution in [1.82, 2.24) is 0 Å². The largest absolute Gasteiger partial charge is 0.502 e. The standard InChI is InChI=1S/C6H6O6/c7-3(5(9)10)1-2-4(8)6(11)12/h1-2,7-8H,(H,9,10)(H,11,12). The van der Waals surface area contributed by atoms with Gasteiger partial charge in [-0.05, 0) is 12.2 Å². The quantitative estimate of drug-likeness (QED) is 0.273. The number of hydrogen-bond donors (Lipinski definition) is 4. The molecule has 0 aromatic heterocycles. The van der Waals surface area contributed by atoms with E-state index in [1.54, 1.807) is 0 Å². The van der Waals surface area contributed by atoms with Crippen LogP contribution in [0.1, 0.15) is 0 Å². The van der Waals surface area contributed by atoms with Gasteiger partial charge in [-0.1, -0.05) is 0 Å². The Balaban J connectivity index is 4.48. The Morgan fingerprint density at radius 2 is 1.00 bits per heavy atom. The Hall–Kier alpha value is -1.98. The molecule has 0 saturated heterocycles. The third kappa shape index (κ3) is 3.25. The SMILES string of the molecule is O=C(O)C(O)=CC=C(O)C(=O)O. The lowest BCUT2D eigenvalue weighted by molar-refractivity contribution is -0.136. The Morgan fingerprint density at radius 1 is 0.750 bits per heavy atom. The van der Waals surface area contributed by atoms with Gasteiger partial charge in [-0.25, -0.2) is 9.59 Å². The van der Waals surface area contributed by atoms with Gasteiger partial charge in [0.05, 0.1) is 0 Å². The van der Waals surface area contributed by atoms with Crippen LogP contribution < -0.4 is 0 Å². The maximum atomic E-state index is 9.91. The van der Waals surface area contributed by atoms with Crippen LogP contribution in [0.15, 0.2) is 23.7 Å². The molecule has 6 heteroatoms. The fraction of sp³-hybridized carbons (Fsp3) is 0. The number of carboxylic acids is 2. The molecule has 0 aliphatic heterocycles. The van der Waals surface area contributed by atoms with Crippen LogP contribution in [0.5, 0.6) is 0 Å². The van der Waals surface area contributed by atoms with Gasteiger partial charge in [0.1, 0.15) is 0 Å². The predicted molar refractivity (Wildman–Crippen MR) is 36.7 cm³/mol. The molecular weight excluding hydrogens is 168 g/mol. The summed E-state index contributed by atoms with van der Waals surface area (Å²) in [6.07, 6.45) is 1.12. The average Bonchev–Trinajstić information content (AvgIpc) is 1.98. The maximum absolute atomic E-state index is 9.91. The van der Waals surface area contributed by atoms with Crippen molar-refractivity contribution in [2.75, 3.05) is 0 Å². The third-order valence-corrected chi connectivity index (χ3v) is 0.837. The molecule has 0 saturated carbocycles. The first kappa shape index (κ1) is 10.0. The molecule has 0 heterocycles. The molecule has 0 aliphatic carbocycles. The number of carbonyl (C=O) groups is 2. The average molecular weight is 174 g/mol. The molecule has 0 rings (SSSR count). The summed E-state index contributed by atoms with van der Waals surface area (Å²) in [6.45, 7) is 0. The third-order valence-electron chi connectivity index (χ3n) is 0.837. The Kier molecular flexibility index (Phi) is 3.35. The Labute approximate surface area is 66.7 Å². The molecule has 4 N–H and O–H groups in total. The second kappa shape index (κ2) is 4.02. The van der Waals surface area contributed by atoms with Crippen LogP contribution in [0.3, 0.4) is 0 Å². The van der Waals surface area contributed by atoms with Gasteiger partial charge in [0.2, 0.25) is 11.5 Å². The molecule has 0 unspecified atom stereocenters. The molecular formula is C6H6O6. The van der Waals surface area contributed by atoms with E-state index in [0.29, 0.717) is 12.2 Å². The normalized spacial score (nSPS) is 12.7. The molecule has 0 atom stereocenters. The molecule has 6 nitrogen and oxygen atoms in total. The van der Waals surface area contributed by atoms with Crippen molar-refractivity contribution in [3.63, 3.8) is 0 Å². The zero-order valence-electron chi connectivity index (χ0n) is 5.76. The van der Waals surface area contributed by atoms with Gasteiger partial charge in [-0.15, -0.1) is 0 Å². The van der Waals surface area contributed by atoms with Crippen LogP contribution in [0, 0.1) is 0 Å². The molecule has 12 heavy (non-hydrogen) atoms.